The van der Waals surface area contributed by atoms with E-state index in [1.807, 2.05) is 0 Å². The van der Waals surface area contributed by atoms with Crippen molar-refractivity contribution < 1.29 is 13.9 Å². The summed E-state index contributed by atoms with van der Waals surface area (Å²) in [7, 11) is 1.32. The van der Waals surface area contributed by atoms with E-state index in [0.717, 1.165) is 0 Å². The second kappa shape index (κ2) is 4.96. The van der Waals surface area contributed by atoms with Gasteiger partial charge in [0.15, 0.2) is 0 Å². The molecule has 0 fully saturated rings. The van der Waals surface area contributed by atoms with Gasteiger partial charge in [0, 0.05) is 5.56 Å². The van der Waals surface area contributed by atoms with Crippen LogP contribution in [-0.2, 0) is 4.74 Å². The smallest absolute Gasteiger partial charge is 0.339 e. The maximum Gasteiger partial charge on any atom is 0.339 e. The fourth-order valence-corrected chi connectivity index (χ4v) is 1.70. The largest absolute Gasteiger partial charge is 0.465 e. The Bertz CT molecular complexity index is 596. The van der Waals surface area contributed by atoms with E-state index in [2.05, 4.69) is 9.72 Å². The van der Waals surface area contributed by atoms with Crippen LogP contribution in [0.25, 0.3) is 11.3 Å². The predicted octanol–water partition coefficient (Wildman–Crippen LogP) is 2.98. The first-order valence-electron chi connectivity index (χ1n) is 5.43. The van der Waals surface area contributed by atoms with Crippen molar-refractivity contribution in [2.45, 2.75) is 6.92 Å². The number of carbonyl (C=O) groups excluding carboxylic acids is 1. The number of aryl methyl sites for hydroxylation is 1. The first-order chi connectivity index (χ1) is 8.61. The minimum atomic E-state index is -0.425. The van der Waals surface area contributed by atoms with Crippen LogP contribution in [0.1, 0.15) is 16.1 Å². The topological polar surface area (TPSA) is 39.2 Å². The van der Waals surface area contributed by atoms with E-state index in [4.69, 9.17) is 0 Å². The third kappa shape index (κ3) is 2.37. The van der Waals surface area contributed by atoms with E-state index >= 15 is 0 Å². The summed E-state index contributed by atoms with van der Waals surface area (Å²) in [6.07, 6.45) is 0. The van der Waals surface area contributed by atoms with Crippen molar-refractivity contribution in [3.8, 4) is 11.3 Å². The number of aromatic nitrogens is 1. The van der Waals surface area contributed by atoms with Gasteiger partial charge in [-0.25, -0.2) is 9.18 Å². The molecule has 3 nitrogen and oxygen atoms in total. The maximum absolute atomic E-state index is 13.1. The lowest BCUT2D eigenvalue weighted by molar-refractivity contribution is 0.0599. The highest BCUT2D eigenvalue weighted by atomic mass is 19.1. The van der Waals surface area contributed by atoms with E-state index in [1.54, 1.807) is 31.2 Å². The number of hydrogen-bond donors (Lipinski definition) is 0. The summed E-state index contributed by atoms with van der Waals surface area (Å²) in [4.78, 5) is 15.7. The molecule has 0 bridgehead atoms. The van der Waals surface area contributed by atoms with Gasteiger partial charge in [0.05, 0.1) is 24.1 Å². The van der Waals surface area contributed by atoms with Crippen LogP contribution in [0.5, 0.6) is 0 Å². The van der Waals surface area contributed by atoms with Crippen LogP contribution in [0.4, 0.5) is 4.39 Å². The molecule has 0 N–H and O–H groups in total. The molecule has 0 aliphatic carbocycles. The number of carbonyl (C=O) groups is 1. The number of hydrogen-bond acceptors (Lipinski definition) is 3. The molecule has 0 amide bonds. The Morgan fingerprint density at radius 2 is 2.06 bits per heavy atom. The lowest BCUT2D eigenvalue weighted by Gasteiger charge is -2.06. The number of benzene rings is 1. The van der Waals surface area contributed by atoms with Gasteiger partial charge < -0.3 is 4.74 Å². The number of nitrogens with zero attached hydrogens (tertiary/aromatic N) is 1. The lowest BCUT2D eigenvalue weighted by Crippen LogP contribution is -2.05. The molecular formula is C14H12FNO2. The summed E-state index contributed by atoms with van der Waals surface area (Å²) >= 11 is 0. The molecule has 18 heavy (non-hydrogen) atoms. The first kappa shape index (κ1) is 12.2. The summed E-state index contributed by atoms with van der Waals surface area (Å²) in [5.74, 6) is -0.741. The van der Waals surface area contributed by atoms with E-state index in [1.165, 1.54) is 19.2 Å². The third-order valence-corrected chi connectivity index (χ3v) is 2.61. The average molecular weight is 245 g/mol. The zero-order valence-electron chi connectivity index (χ0n) is 10.1. The maximum atomic E-state index is 13.1. The van der Waals surface area contributed by atoms with Crippen LogP contribution in [0.3, 0.4) is 0 Å². The van der Waals surface area contributed by atoms with Crippen LogP contribution in [0, 0.1) is 12.7 Å². The van der Waals surface area contributed by atoms with Gasteiger partial charge in [-0.1, -0.05) is 12.1 Å². The molecule has 0 spiro atoms. The van der Waals surface area contributed by atoms with Crippen molar-refractivity contribution in [2.24, 2.45) is 0 Å². The third-order valence-electron chi connectivity index (χ3n) is 2.61. The van der Waals surface area contributed by atoms with E-state index < -0.39 is 5.97 Å². The molecular weight excluding hydrogens is 233 g/mol. The molecule has 0 saturated heterocycles. The molecule has 92 valence electrons. The minimum Gasteiger partial charge on any atom is -0.465 e. The summed E-state index contributed by atoms with van der Waals surface area (Å²) < 4.78 is 17.8. The van der Waals surface area contributed by atoms with Crippen LogP contribution in [-0.4, -0.2) is 18.1 Å². The van der Waals surface area contributed by atoms with Gasteiger partial charge >= 0.3 is 5.97 Å². The summed E-state index contributed by atoms with van der Waals surface area (Å²) in [6, 6.07) is 9.47. The number of methoxy groups -OCH3 is 1. The SMILES string of the molecule is COC(=O)c1ccc(-c2cccc(F)c2)nc1C. The first-order valence-corrected chi connectivity index (χ1v) is 5.43. The second-order valence-corrected chi connectivity index (χ2v) is 3.83. The lowest BCUT2D eigenvalue weighted by atomic mass is 10.1. The quantitative estimate of drug-likeness (QED) is 0.763. The molecule has 0 aliphatic heterocycles. The van der Waals surface area contributed by atoms with Crippen LogP contribution >= 0.6 is 0 Å². The average Bonchev–Trinajstić information content (AvgIpc) is 2.37. The van der Waals surface area contributed by atoms with Crippen molar-refractivity contribution >= 4 is 5.97 Å². The molecule has 2 rings (SSSR count). The van der Waals surface area contributed by atoms with Crippen molar-refractivity contribution in [3.63, 3.8) is 0 Å². The Labute approximate surface area is 104 Å². The zero-order valence-corrected chi connectivity index (χ0v) is 10.1. The molecule has 4 heteroatoms. The zero-order chi connectivity index (χ0) is 13.1. The molecule has 0 unspecified atom stereocenters. The number of esters is 1. The van der Waals surface area contributed by atoms with Crippen molar-refractivity contribution in [1.82, 2.24) is 4.98 Å². The monoisotopic (exact) mass is 245 g/mol. The fraction of sp³-hybridized carbons (Fsp3) is 0.143. The van der Waals surface area contributed by atoms with Gasteiger partial charge in [0.25, 0.3) is 0 Å². The highest BCUT2D eigenvalue weighted by Crippen LogP contribution is 2.20. The number of ether oxygens (including phenoxy) is 1. The Balaban J connectivity index is 2.43. The Morgan fingerprint density at radius 1 is 1.28 bits per heavy atom. The van der Waals surface area contributed by atoms with Crippen LogP contribution < -0.4 is 0 Å². The molecule has 1 heterocycles. The highest BCUT2D eigenvalue weighted by Gasteiger charge is 2.11. The van der Waals surface area contributed by atoms with Crippen molar-refractivity contribution in [3.05, 3.63) is 53.5 Å². The molecule has 0 atom stereocenters. The van der Waals surface area contributed by atoms with Gasteiger partial charge in [-0.2, -0.15) is 0 Å². The molecule has 1 aromatic carbocycles. The predicted molar refractivity (Wildman–Crippen MR) is 65.7 cm³/mol. The Morgan fingerprint density at radius 3 is 2.67 bits per heavy atom. The summed E-state index contributed by atoms with van der Waals surface area (Å²) in [5.41, 5.74) is 2.27. The normalized spacial score (nSPS) is 10.2. The van der Waals surface area contributed by atoms with Crippen LogP contribution in [0.2, 0.25) is 0 Å². The van der Waals surface area contributed by atoms with Gasteiger partial charge in [-0.05, 0) is 31.2 Å². The van der Waals surface area contributed by atoms with Crippen molar-refractivity contribution in [2.75, 3.05) is 7.11 Å². The van der Waals surface area contributed by atoms with E-state index in [-0.39, 0.29) is 5.82 Å². The standard InChI is InChI=1S/C14H12FNO2/c1-9-12(14(17)18-2)6-7-13(16-9)10-4-3-5-11(15)8-10/h3-8H,1-2H3. The summed E-state index contributed by atoms with van der Waals surface area (Å²) in [6.45, 7) is 1.72. The number of rotatable bonds is 2. The molecule has 0 radical (unpaired) electrons. The molecule has 2 aromatic rings. The fourth-order valence-electron chi connectivity index (χ4n) is 1.70. The second-order valence-electron chi connectivity index (χ2n) is 3.83. The Kier molecular flexibility index (Phi) is 3.37. The molecule has 0 saturated carbocycles. The minimum absolute atomic E-state index is 0.316. The van der Waals surface area contributed by atoms with Gasteiger partial charge in [-0.3, -0.25) is 4.98 Å². The van der Waals surface area contributed by atoms with Gasteiger partial charge in [0.2, 0.25) is 0 Å². The van der Waals surface area contributed by atoms with Crippen LogP contribution in [0.15, 0.2) is 36.4 Å². The Hall–Kier alpha value is -2.23. The summed E-state index contributed by atoms with van der Waals surface area (Å²) in [5, 5.41) is 0. The molecule has 0 aliphatic rings. The van der Waals surface area contributed by atoms with E-state index in [0.29, 0.717) is 22.5 Å². The number of pyridine rings is 1. The van der Waals surface area contributed by atoms with Crippen molar-refractivity contribution in [1.29, 1.82) is 0 Å². The number of halogens is 1. The van der Waals surface area contributed by atoms with Gasteiger partial charge in [-0.15, -0.1) is 0 Å². The highest BCUT2D eigenvalue weighted by molar-refractivity contribution is 5.90. The molecule has 1 aromatic heterocycles. The van der Waals surface area contributed by atoms with Gasteiger partial charge in [0.1, 0.15) is 5.82 Å². The van der Waals surface area contributed by atoms with E-state index in [9.17, 15) is 9.18 Å².